The third-order valence-electron chi connectivity index (χ3n) is 7.75. The SMILES string of the molecule is CCOC(=O)[C@H](CC(C)C)NP(=O)(N[C@@H](CC(C)C)C(=O)OCC)OCC(OC)C(O)C1(O)C(C)C1C=Nc1c(N)nc(N)[nH]c1=O. The molecule has 1 fully saturated rings. The molecular weight excluding hydrogens is 637 g/mol. The van der Waals surface area contributed by atoms with Gasteiger partial charge in [-0.25, -0.2) is 10.2 Å². The van der Waals surface area contributed by atoms with E-state index in [-0.39, 0.29) is 55.3 Å². The number of carbonyl (C=O) groups excluding carboxylic acids is 2. The van der Waals surface area contributed by atoms with Crippen molar-refractivity contribution in [2.75, 3.05) is 38.4 Å². The Hall–Kier alpha value is -2.92. The number of H-pyrrole nitrogens is 1. The molecule has 1 aromatic rings. The van der Waals surface area contributed by atoms with Crippen molar-refractivity contribution in [3.05, 3.63) is 10.4 Å². The zero-order valence-corrected chi connectivity index (χ0v) is 29.3. The van der Waals surface area contributed by atoms with Crippen molar-refractivity contribution >= 4 is 43.3 Å². The molecule has 17 nitrogen and oxygen atoms in total. The monoisotopic (exact) mass is 689 g/mol. The highest BCUT2D eigenvalue weighted by molar-refractivity contribution is 7.54. The fraction of sp³-hybridized carbons (Fsp3) is 0.759. The molecule has 1 aromatic heterocycles. The third-order valence-corrected chi connectivity index (χ3v) is 9.57. The minimum Gasteiger partial charge on any atom is -0.465 e. The van der Waals surface area contributed by atoms with Gasteiger partial charge in [0.15, 0.2) is 11.5 Å². The van der Waals surface area contributed by atoms with Crippen molar-refractivity contribution in [3.8, 4) is 0 Å². The maximum atomic E-state index is 14.5. The summed E-state index contributed by atoms with van der Waals surface area (Å²) in [6.45, 7) is 12.0. The van der Waals surface area contributed by atoms with Crippen molar-refractivity contribution < 1.29 is 43.1 Å². The van der Waals surface area contributed by atoms with Gasteiger partial charge in [0.1, 0.15) is 29.9 Å². The number of methoxy groups -OCH3 is 1. The molecule has 7 atom stereocenters. The second kappa shape index (κ2) is 17.5. The number of aliphatic imine (C=N–C) groups is 1. The Morgan fingerprint density at radius 2 is 1.60 bits per heavy atom. The Bertz CT molecular complexity index is 1300. The number of nitrogen functional groups attached to an aromatic ring is 2. The molecule has 5 unspecified atom stereocenters. The average Bonchev–Trinajstić information content (AvgIpc) is 3.50. The minimum absolute atomic E-state index is 0.0189. The van der Waals surface area contributed by atoms with Gasteiger partial charge >= 0.3 is 19.6 Å². The number of aromatic amines is 1. The molecule has 1 aliphatic carbocycles. The minimum atomic E-state index is -4.31. The Labute approximate surface area is 275 Å². The summed E-state index contributed by atoms with van der Waals surface area (Å²) in [4.78, 5) is 48.1. The molecule has 0 spiro atoms. The van der Waals surface area contributed by atoms with Crippen molar-refractivity contribution in [2.24, 2.45) is 28.7 Å². The van der Waals surface area contributed by atoms with E-state index in [4.69, 9.17) is 30.2 Å². The first kappa shape index (κ1) is 40.3. The Morgan fingerprint density at radius 1 is 1.09 bits per heavy atom. The van der Waals surface area contributed by atoms with Crippen LogP contribution in [0.25, 0.3) is 0 Å². The topological polar surface area (TPSA) is 263 Å². The highest BCUT2D eigenvalue weighted by Crippen LogP contribution is 2.53. The van der Waals surface area contributed by atoms with Crippen molar-refractivity contribution in [1.29, 1.82) is 0 Å². The van der Waals surface area contributed by atoms with E-state index in [1.807, 2.05) is 27.7 Å². The average molecular weight is 690 g/mol. The highest BCUT2D eigenvalue weighted by Gasteiger charge is 2.66. The fourth-order valence-corrected chi connectivity index (χ4v) is 7.04. The van der Waals surface area contributed by atoms with Crippen LogP contribution in [0.5, 0.6) is 0 Å². The summed E-state index contributed by atoms with van der Waals surface area (Å²) < 4.78 is 36.2. The zero-order valence-electron chi connectivity index (χ0n) is 28.4. The van der Waals surface area contributed by atoms with Gasteiger partial charge in [0.05, 0.1) is 19.8 Å². The van der Waals surface area contributed by atoms with Crippen LogP contribution in [0.3, 0.4) is 0 Å². The first-order chi connectivity index (χ1) is 21.9. The lowest BCUT2D eigenvalue weighted by Gasteiger charge is -2.32. The van der Waals surface area contributed by atoms with Crippen LogP contribution in [-0.2, 0) is 32.9 Å². The van der Waals surface area contributed by atoms with E-state index in [9.17, 15) is 29.2 Å². The van der Waals surface area contributed by atoms with E-state index in [2.05, 4.69) is 25.1 Å². The molecule has 9 N–H and O–H groups in total. The summed E-state index contributed by atoms with van der Waals surface area (Å²) in [6.07, 6.45) is -1.11. The standard InChI is InChI=1S/C29H52N7O10P/c1-9-44-26(39)19(11-15(3)4)35-47(42,36-20(12-16(5)6)27(40)45-10-2)46-14-21(43-8)23(37)29(41)17(7)18(29)13-32-22-24(30)33-28(31)34-25(22)38/h13,15-21,23,37,41H,9-12,14H2,1-8H3,(H2,35,36,42)(H5,30,31,33,34,38)/t17?,18?,19-,20-,21?,23?,29?/m0/s1. The van der Waals surface area contributed by atoms with Gasteiger partial charge in [-0.15, -0.1) is 0 Å². The molecule has 2 rings (SSSR count). The van der Waals surface area contributed by atoms with Gasteiger partial charge in [-0.1, -0.05) is 34.6 Å². The number of carbonyl (C=O) groups is 2. The number of nitrogens with two attached hydrogens (primary N) is 2. The van der Waals surface area contributed by atoms with Crippen LogP contribution >= 0.6 is 7.67 Å². The zero-order chi connectivity index (χ0) is 35.7. The molecule has 1 heterocycles. The van der Waals surface area contributed by atoms with Gasteiger partial charge in [0.2, 0.25) is 5.95 Å². The number of rotatable bonds is 20. The molecule has 0 saturated heterocycles. The van der Waals surface area contributed by atoms with Crippen LogP contribution in [0, 0.1) is 23.7 Å². The molecule has 1 saturated carbocycles. The fourth-order valence-electron chi connectivity index (χ4n) is 5.22. The maximum absolute atomic E-state index is 14.5. The molecule has 0 radical (unpaired) electrons. The summed E-state index contributed by atoms with van der Waals surface area (Å²) in [5, 5.41) is 28.2. The van der Waals surface area contributed by atoms with E-state index in [0.29, 0.717) is 0 Å². The van der Waals surface area contributed by atoms with Crippen molar-refractivity contribution in [3.63, 3.8) is 0 Å². The Morgan fingerprint density at radius 3 is 2.02 bits per heavy atom. The molecule has 268 valence electrons. The number of aliphatic hydroxyl groups excluding tert-OH is 1. The summed E-state index contributed by atoms with van der Waals surface area (Å²) >= 11 is 0. The quantitative estimate of drug-likeness (QED) is 0.0577. The second-order valence-corrected chi connectivity index (χ2v) is 14.2. The first-order valence-corrected chi connectivity index (χ1v) is 17.3. The third kappa shape index (κ3) is 10.8. The van der Waals surface area contributed by atoms with Crippen LogP contribution in [-0.4, -0.2) is 95.2 Å². The van der Waals surface area contributed by atoms with Gasteiger partial charge in [0.25, 0.3) is 5.56 Å². The molecule has 0 aliphatic heterocycles. The van der Waals surface area contributed by atoms with Crippen LogP contribution in [0.1, 0.15) is 61.3 Å². The Balaban J connectivity index is 2.36. The molecule has 0 bridgehead atoms. The lowest BCUT2D eigenvalue weighted by atomic mass is 10.0. The number of anilines is 2. The van der Waals surface area contributed by atoms with Crippen molar-refractivity contribution in [2.45, 2.75) is 91.2 Å². The smallest absolute Gasteiger partial charge is 0.342 e. The second-order valence-electron chi connectivity index (χ2n) is 12.4. The van der Waals surface area contributed by atoms with Gasteiger partial charge in [-0.05, 0) is 44.4 Å². The van der Waals surface area contributed by atoms with Gasteiger partial charge < -0.3 is 40.4 Å². The lowest BCUT2D eigenvalue weighted by molar-refractivity contribution is -0.146. The van der Waals surface area contributed by atoms with Crippen LogP contribution < -0.4 is 27.2 Å². The molecule has 1 aliphatic rings. The van der Waals surface area contributed by atoms with E-state index in [1.165, 1.54) is 13.3 Å². The summed E-state index contributed by atoms with van der Waals surface area (Å²) in [5.41, 5.74) is 8.58. The van der Waals surface area contributed by atoms with Gasteiger partial charge in [0, 0.05) is 19.2 Å². The predicted octanol–water partition coefficient (Wildman–Crippen LogP) is 1.27. The number of hydrogen-bond acceptors (Lipinski definition) is 14. The van der Waals surface area contributed by atoms with E-state index in [0.717, 1.165) is 0 Å². The summed E-state index contributed by atoms with van der Waals surface area (Å²) in [5.74, 6) is -3.05. The number of aliphatic hydroxyl groups is 2. The first-order valence-electron chi connectivity index (χ1n) is 15.7. The number of ether oxygens (including phenoxy) is 3. The number of esters is 2. The molecule has 0 aromatic carbocycles. The van der Waals surface area contributed by atoms with Crippen molar-refractivity contribution in [1.82, 2.24) is 20.1 Å². The van der Waals surface area contributed by atoms with E-state index < -0.39 is 73.5 Å². The summed E-state index contributed by atoms with van der Waals surface area (Å²) in [7, 11) is -3.04. The summed E-state index contributed by atoms with van der Waals surface area (Å²) in [6, 6.07) is -2.15. The maximum Gasteiger partial charge on any atom is 0.342 e. The predicted molar refractivity (Wildman–Crippen MR) is 176 cm³/mol. The van der Waals surface area contributed by atoms with Crippen LogP contribution in [0.15, 0.2) is 9.79 Å². The molecule has 18 heteroatoms. The largest absolute Gasteiger partial charge is 0.465 e. The van der Waals surface area contributed by atoms with Gasteiger partial charge in [-0.3, -0.25) is 28.9 Å². The van der Waals surface area contributed by atoms with E-state index in [1.54, 1.807) is 20.8 Å². The number of nitrogens with one attached hydrogen (secondary N) is 3. The van der Waals surface area contributed by atoms with Crippen LogP contribution in [0.4, 0.5) is 17.5 Å². The number of aromatic nitrogens is 2. The number of nitrogens with zero attached hydrogens (tertiary/aromatic N) is 2. The molecule has 0 amide bonds. The van der Waals surface area contributed by atoms with Gasteiger partial charge in [-0.2, -0.15) is 4.98 Å². The number of hydrogen-bond donors (Lipinski definition) is 7. The highest BCUT2D eigenvalue weighted by atomic mass is 31.2. The Kier molecular flexibility index (Phi) is 15.0. The van der Waals surface area contributed by atoms with Crippen LogP contribution in [0.2, 0.25) is 0 Å². The molecular formula is C29H52N7O10P. The normalized spacial score (nSPS) is 22.3. The molecule has 47 heavy (non-hydrogen) atoms. The lowest BCUT2D eigenvalue weighted by Crippen LogP contribution is -2.48. The van der Waals surface area contributed by atoms with E-state index >= 15 is 0 Å².